The first kappa shape index (κ1) is 16.3. The topological polar surface area (TPSA) is 29.1 Å². The molecule has 2 aromatic rings. The first-order valence-electron chi connectivity index (χ1n) is 9.54. The minimum atomic E-state index is -0.925. The molecule has 0 bridgehead atoms. The highest BCUT2D eigenvalue weighted by Crippen LogP contribution is 2.51. The molecule has 2 heterocycles. The van der Waals surface area contributed by atoms with E-state index in [0.717, 1.165) is 23.5 Å². The zero-order valence-corrected chi connectivity index (χ0v) is 16.5. The minimum Gasteiger partial charge on any atom is -0.378 e. The van der Waals surface area contributed by atoms with Crippen LogP contribution in [0.5, 0.6) is 0 Å². The number of nitrogens with one attached hydrogen (secondary N) is 1. The maximum absolute atomic E-state index is 13.3. The van der Waals surface area contributed by atoms with Gasteiger partial charge in [-0.2, -0.15) is 0 Å². The molecule has 26 heavy (non-hydrogen) atoms. The summed E-state index contributed by atoms with van der Waals surface area (Å²) in [4.78, 5) is 1.12. The number of hydrogen-bond acceptors (Lipinski definition) is 2. The van der Waals surface area contributed by atoms with E-state index in [0.29, 0.717) is 12.0 Å². The van der Waals surface area contributed by atoms with E-state index in [2.05, 4.69) is 68.6 Å². The quantitative estimate of drug-likeness (QED) is 0.728. The molecule has 0 saturated carbocycles. The van der Waals surface area contributed by atoms with Gasteiger partial charge >= 0.3 is 0 Å². The summed E-state index contributed by atoms with van der Waals surface area (Å²) in [6.07, 6.45) is 2.07. The largest absolute Gasteiger partial charge is 0.378 e. The van der Waals surface area contributed by atoms with Crippen molar-refractivity contribution in [2.45, 2.75) is 45.1 Å². The molecule has 2 aromatic carbocycles. The summed E-state index contributed by atoms with van der Waals surface area (Å²) in [6.45, 7) is 6.82. The summed E-state index contributed by atoms with van der Waals surface area (Å²) in [5.74, 6) is 1.10. The Bertz CT molecular complexity index is 972. The van der Waals surface area contributed by atoms with Crippen LogP contribution < -0.4 is 5.32 Å². The van der Waals surface area contributed by atoms with E-state index in [9.17, 15) is 4.21 Å². The van der Waals surface area contributed by atoms with Crippen LogP contribution in [0.15, 0.2) is 48.0 Å². The van der Waals surface area contributed by atoms with Gasteiger partial charge in [0, 0.05) is 22.3 Å². The monoisotopic (exact) mass is 363 g/mol. The fourth-order valence-electron chi connectivity index (χ4n) is 5.19. The molecule has 0 spiro atoms. The van der Waals surface area contributed by atoms with Gasteiger partial charge in [0.1, 0.15) is 0 Å². The number of aryl methyl sites for hydroxylation is 2. The lowest BCUT2D eigenvalue weighted by molar-refractivity contribution is 0.308. The Morgan fingerprint density at radius 3 is 2.77 bits per heavy atom. The van der Waals surface area contributed by atoms with E-state index in [4.69, 9.17) is 0 Å². The second-order valence-corrected chi connectivity index (χ2v) is 9.96. The van der Waals surface area contributed by atoms with Crippen molar-refractivity contribution in [1.82, 2.24) is 0 Å². The Labute approximate surface area is 158 Å². The SMILES string of the molecule is Cc1ccc2c(c1)NC1C3=C(c4ccccc4CC3)S(=O)CC1C2(C)C. The summed E-state index contributed by atoms with van der Waals surface area (Å²) in [7, 11) is -0.925. The van der Waals surface area contributed by atoms with Crippen LogP contribution in [0.1, 0.15) is 42.5 Å². The van der Waals surface area contributed by atoms with Gasteiger partial charge in [-0.1, -0.05) is 50.2 Å². The zero-order chi connectivity index (χ0) is 18.1. The molecule has 3 heteroatoms. The average molecular weight is 364 g/mol. The summed E-state index contributed by atoms with van der Waals surface area (Å²) in [5, 5.41) is 3.85. The van der Waals surface area contributed by atoms with Crippen LogP contribution in [0.3, 0.4) is 0 Å². The average Bonchev–Trinajstić information content (AvgIpc) is 2.62. The zero-order valence-electron chi connectivity index (χ0n) is 15.6. The van der Waals surface area contributed by atoms with Crippen molar-refractivity contribution < 1.29 is 4.21 Å². The number of anilines is 1. The molecule has 0 fully saturated rings. The lowest BCUT2D eigenvalue weighted by Crippen LogP contribution is -2.52. The van der Waals surface area contributed by atoms with Gasteiger partial charge < -0.3 is 5.32 Å². The molecule has 3 unspecified atom stereocenters. The van der Waals surface area contributed by atoms with Gasteiger partial charge in [0.25, 0.3) is 0 Å². The van der Waals surface area contributed by atoms with Crippen LogP contribution in [0.4, 0.5) is 5.69 Å². The van der Waals surface area contributed by atoms with Crippen molar-refractivity contribution >= 4 is 21.4 Å². The third-order valence-electron chi connectivity index (χ3n) is 6.66. The Hall–Kier alpha value is -1.87. The second-order valence-electron chi connectivity index (χ2n) is 8.52. The van der Waals surface area contributed by atoms with Crippen molar-refractivity contribution in [2.24, 2.45) is 5.92 Å². The van der Waals surface area contributed by atoms with Crippen LogP contribution in [0, 0.1) is 12.8 Å². The van der Waals surface area contributed by atoms with Gasteiger partial charge in [0.15, 0.2) is 0 Å². The molecule has 0 radical (unpaired) electrons. The van der Waals surface area contributed by atoms with Crippen LogP contribution >= 0.6 is 0 Å². The molecule has 0 amide bonds. The molecule has 2 nitrogen and oxygen atoms in total. The third-order valence-corrected chi connectivity index (χ3v) is 8.26. The second kappa shape index (κ2) is 5.56. The van der Waals surface area contributed by atoms with E-state index in [1.54, 1.807) is 0 Å². The Morgan fingerprint density at radius 2 is 1.92 bits per heavy atom. The number of fused-ring (bicyclic) bond motifs is 5. The lowest BCUT2D eigenvalue weighted by atomic mass is 9.65. The summed E-state index contributed by atoms with van der Waals surface area (Å²) in [6, 6.07) is 15.6. The predicted molar refractivity (Wildman–Crippen MR) is 110 cm³/mol. The van der Waals surface area contributed by atoms with Gasteiger partial charge in [-0.05, 0) is 59.1 Å². The van der Waals surface area contributed by atoms with Crippen LogP contribution in [0.25, 0.3) is 4.91 Å². The summed E-state index contributed by atoms with van der Waals surface area (Å²) < 4.78 is 13.3. The summed E-state index contributed by atoms with van der Waals surface area (Å²) >= 11 is 0. The van der Waals surface area contributed by atoms with E-state index in [-0.39, 0.29) is 5.41 Å². The lowest BCUT2D eigenvalue weighted by Gasteiger charge is -2.50. The molecular weight excluding hydrogens is 338 g/mol. The van der Waals surface area contributed by atoms with Crippen LogP contribution in [-0.2, 0) is 22.6 Å². The molecule has 5 rings (SSSR count). The highest BCUT2D eigenvalue weighted by molar-refractivity contribution is 7.94. The van der Waals surface area contributed by atoms with Crippen molar-refractivity contribution in [3.8, 4) is 0 Å². The predicted octanol–water partition coefficient (Wildman–Crippen LogP) is 4.80. The van der Waals surface area contributed by atoms with Gasteiger partial charge in [-0.15, -0.1) is 0 Å². The van der Waals surface area contributed by atoms with E-state index >= 15 is 0 Å². The molecule has 0 saturated heterocycles. The maximum Gasteiger partial charge on any atom is 0.0540 e. The van der Waals surface area contributed by atoms with Crippen molar-refractivity contribution in [3.63, 3.8) is 0 Å². The van der Waals surface area contributed by atoms with Crippen molar-refractivity contribution in [2.75, 3.05) is 11.1 Å². The van der Waals surface area contributed by atoms with Crippen LogP contribution in [-0.4, -0.2) is 16.0 Å². The van der Waals surface area contributed by atoms with E-state index in [1.807, 2.05) is 0 Å². The maximum atomic E-state index is 13.3. The highest BCUT2D eigenvalue weighted by Gasteiger charge is 2.48. The molecule has 134 valence electrons. The first-order chi connectivity index (χ1) is 12.5. The smallest absolute Gasteiger partial charge is 0.0540 e. The molecule has 3 atom stereocenters. The number of benzene rings is 2. The number of rotatable bonds is 0. The Balaban J connectivity index is 1.70. The standard InChI is InChI=1S/C23H25NOS/c1-14-8-11-18-20(12-14)24-21-17-10-9-15-6-4-5-7-16(15)22(17)26(25)13-19(21)23(18,2)3/h4-8,11-12,19,21,24H,9-10,13H2,1-3H3. The van der Waals surface area contributed by atoms with Crippen LogP contribution in [0.2, 0.25) is 0 Å². The molecule has 1 aliphatic carbocycles. The minimum absolute atomic E-state index is 0.0180. The molecule has 1 N–H and O–H groups in total. The summed E-state index contributed by atoms with van der Waals surface area (Å²) in [5.41, 5.74) is 7.89. The van der Waals surface area contributed by atoms with Gasteiger partial charge in [-0.25, -0.2) is 0 Å². The molecule has 0 aromatic heterocycles. The fraction of sp³-hybridized carbons (Fsp3) is 0.391. The Morgan fingerprint density at radius 1 is 1.12 bits per heavy atom. The molecule has 3 aliphatic rings. The van der Waals surface area contributed by atoms with Crippen molar-refractivity contribution in [3.05, 3.63) is 70.3 Å². The van der Waals surface area contributed by atoms with Gasteiger partial charge in [0.05, 0.1) is 16.8 Å². The van der Waals surface area contributed by atoms with Gasteiger partial charge in [0.2, 0.25) is 0 Å². The highest BCUT2D eigenvalue weighted by atomic mass is 32.2. The fourth-order valence-corrected chi connectivity index (χ4v) is 7.25. The molecular formula is C23H25NOS. The van der Waals surface area contributed by atoms with Gasteiger partial charge in [-0.3, -0.25) is 4.21 Å². The van der Waals surface area contributed by atoms with E-state index < -0.39 is 10.8 Å². The third kappa shape index (κ3) is 2.19. The number of hydrogen-bond donors (Lipinski definition) is 1. The van der Waals surface area contributed by atoms with E-state index in [1.165, 1.54) is 33.5 Å². The normalized spacial score (nSPS) is 28.3. The Kier molecular flexibility index (Phi) is 3.49. The molecule has 2 aliphatic heterocycles. The van der Waals surface area contributed by atoms with Crippen molar-refractivity contribution in [1.29, 1.82) is 0 Å². The first-order valence-corrected chi connectivity index (χ1v) is 10.9.